The molecule has 4 aromatic carbocycles. The molecule has 0 saturated heterocycles. The Bertz CT molecular complexity index is 1020. The van der Waals surface area contributed by atoms with Crippen molar-refractivity contribution in [2.24, 2.45) is 0 Å². The minimum absolute atomic E-state index is 0.253. The molecule has 5 rings (SSSR count). The molecule has 2 nitrogen and oxygen atoms in total. The molecule has 0 amide bonds. The van der Waals surface area contributed by atoms with E-state index in [2.05, 4.69) is 90.2 Å². The van der Waals surface area contributed by atoms with Gasteiger partial charge in [0.25, 0.3) is 0 Å². The molecule has 0 unspecified atom stereocenters. The highest BCUT2D eigenvalue weighted by molar-refractivity contribution is 5.63. The number of nitrogens with one attached hydrogen (secondary N) is 1. The van der Waals surface area contributed by atoms with Crippen molar-refractivity contribution < 1.29 is 4.74 Å². The predicted octanol–water partition coefficient (Wildman–Crippen LogP) is 6.12. The number of anilines is 1. The minimum Gasteiger partial charge on any atom is -0.356 e. The highest BCUT2D eigenvalue weighted by atomic mass is 16.5. The van der Waals surface area contributed by atoms with Crippen molar-refractivity contribution in [3.8, 4) is 0 Å². The van der Waals surface area contributed by atoms with Gasteiger partial charge in [-0.1, -0.05) is 109 Å². The molecule has 28 heavy (non-hydrogen) atoms. The maximum Gasteiger partial charge on any atom is 0.156 e. The van der Waals surface area contributed by atoms with Crippen LogP contribution in [0.25, 0.3) is 0 Å². The first-order valence-corrected chi connectivity index (χ1v) is 9.58. The van der Waals surface area contributed by atoms with Crippen molar-refractivity contribution >= 4 is 5.69 Å². The summed E-state index contributed by atoms with van der Waals surface area (Å²) in [6.07, 6.45) is -0.253. The average Bonchev–Trinajstić information content (AvgIpc) is 2.80. The second-order valence-electron chi connectivity index (χ2n) is 7.01. The highest BCUT2D eigenvalue weighted by Crippen LogP contribution is 2.49. The number of benzene rings is 4. The summed E-state index contributed by atoms with van der Waals surface area (Å²) in [4.78, 5) is 0. The van der Waals surface area contributed by atoms with Crippen LogP contribution in [0.3, 0.4) is 0 Å². The van der Waals surface area contributed by atoms with Crippen LogP contribution in [-0.2, 0) is 10.3 Å². The van der Waals surface area contributed by atoms with E-state index in [4.69, 9.17) is 4.74 Å². The van der Waals surface area contributed by atoms with Crippen LogP contribution < -0.4 is 5.32 Å². The fourth-order valence-electron chi connectivity index (χ4n) is 4.07. The zero-order valence-electron chi connectivity index (χ0n) is 15.5. The zero-order chi connectivity index (χ0) is 18.8. The van der Waals surface area contributed by atoms with E-state index in [0.717, 1.165) is 27.9 Å². The molecule has 4 aromatic rings. The summed E-state index contributed by atoms with van der Waals surface area (Å²) < 4.78 is 6.95. The second-order valence-corrected chi connectivity index (χ2v) is 7.01. The Morgan fingerprint density at radius 2 is 1.07 bits per heavy atom. The normalized spacial score (nSPS) is 17.4. The summed E-state index contributed by atoms with van der Waals surface area (Å²) in [6.45, 7) is 0. The molecular formula is C26H21NO. The summed E-state index contributed by atoms with van der Waals surface area (Å²) in [7, 11) is 0. The fourth-order valence-corrected chi connectivity index (χ4v) is 4.07. The van der Waals surface area contributed by atoms with Crippen LogP contribution in [0, 0.1) is 0 Å². The van der Waals surface area contributed by atoms with Gasteiger partial charge in [0.15, 0.2) is 6.23 Å². The van der Waals surface area contributed by atoms with Gasteiger partial charge in [-0.25, -0.2) is 0 Å². The van der Waals surface area contributed by atoms with Gasteiger partial charge in [-0.3, -0.25) is 0 Å². The molecule has 0 saturated carbocycles. The molecule has 0 fully saturated rings. The molecule has 0 radical (unpaired) electrons. The topological polar surface area (TPSA) is 21.3 Å². The molecule has 1 aliphatic rings. The molecule has 1 atom stereocenters. The van der Waals surface area contributed by atoms with Gasteiger partial charge in [0.2, 0.25) is 0 Å². The van der Waals surface area contributed by atoms with E-state index in [1.54, 1.807) is 0 Å². The van der Waals surface area contributed by atoms with Gasteiger partial charge in [0.05, 0.1) is 0 Å². The largest absolute Gasteiger partial charge is 0.356 e. The third kappa shape index (κ3) is 2.70. The van der Waals surface area contributed by atoms with Crippen LogP contribution in [0.5, 0.6) is 0 Å². The Morgan fingerprint density at radius 3 is 1.68 bits per heavy atom. The van der Waals surface area contributed by atoms with Crippen LogP contribution in [0.4, 0.5) is 5.69 Å². The van der Waals surface area contributed by atoms with E-state index in [-0.39, 0.29) is 6.23 Å². The molecule has 1 N–H and O–H groups in total. The number of para-hydroxylation sites is 1. The quantitative estimate of drug-likeness (QED) is 0.473. The van der Waals surface area contributed by atoms with Crippen molar-refractivity contribution in [2.75, 3.05) is 5.32 Å². The van der Waals surface area contributed by atoms with Crippen LogP contribution in [0.1, 0.15) is 28.5 Å². The van der Waals surface area contributed by atoms with Crippen LogP contribution in [0.2, 0.25) is 0 Å². The molecule has 0 bridgehead atoms. The van der Waals surface area contributed by atoms with E-state index in [0.29, 0.717) is 0 Å². The monoisotopic (exact) mass is 363 g/mol. The third-order valence-electron chi connectivity index (χ3n) is 5.35. The average molecular weight is 363 g/mol. The zero-order valence-corrected chi connectivity index (χ0v) is 15.5. The van der Waals surface area contributed by atoms with Gasteiger partial charge >= 0.3 is 0 Å². The fraction of sp³-hybridized carbons (Fsp3) is 0.0769. The lowest BCUT2D eigenvalue weighted by Gasteiger charge is -2.44. The lowest BCUT2D eigenvalue weighted by molar-refractivity contribution is -0.0432. The summed E-state index contributed by atoms with van der Waals surface area (Å²) in [5, 5.41) is 3.59. The molecule has 0 aromatic heterocycles. The van der Waals surface area contributed by atoms with Crippen LogP contribution in [0.15, 0.2) is 115 Å². The minimum atomic E-state index is -0.690. The predicted molar refractivity (Wildman–Crippen MR) is 113 cm³/mol. The van der Waals surface area contributed by atoms with E-state index in [1.165, 1.54) is 0 Å². The molecule has 136 valence electrons. The van der Waals surface area contributed by atoms with Gasteiger partial charge in [0, 0.05) is 16.8 Å². The van der Waals surface area contributed by atoms with E-state index >= 15 is 0 Å². The van der Waals surface area contributed by atoms with Crippen LogP contribution in [-0.4, -0.2) is 0 Å². The second kappa shape index (κ2) is 6.99. The number of hydrogen-bond acceptors (Lipinski definition) is 2. The van der Waals surface area contributed by atoms with Gasteiger partial charge in [0.1, 0.15) is 5.60 Å². The van der Waals surface area contributed by atoms with E-state index < -0.39 is 5.60 Å². The summed E-state index contributed by atoms with van der Waals surface area (Å²) >= 11 is 0. The highest BCUT2D eigenvalue weighted by Gasteiger charge is 2.44. The first-order valence-electron chi connectivity index (χ1n) is 9.58. The molecule has 0 spiro atoms. The van der Waals surface area contributed by atoms with Gasteiger partial charge in [-0.2, -0.15) is 0 Å². The number of ether oxygens (including phenoxy) is 1. The smallest absolute Gasteiger partial charge is 0.156 e. The summed E-state index contributed by atoms with van der Waals surface area (Å²) in [5.74, 6) is 0. The van der Waals surface area contributed by atoms with Crippen molar-refractivity contribution in [1.29, 1.82) is 0 Å². The SMILES string of the molecule is c1ccc([C@@H]2Nc3ccccc3C(c3ccccc3)(c3ccccc3)O2)cc1. The lowest BCUT2D eigenvalue weighted by atomic mass is 9.78. The Balaban J connectivity index is 1.79. The van der Waals surface area contributed by atoms with Gasteiger partial charge in [-0.05, 0) is 17.2 Å². The van der Waals surface area contributed by atoms with Gasteiger partial charge in [-0.15, -0.1) is 0 Å². The molecule has 2 heteroatoms. The number of fused-ring (bicyclic) bond motifs is 1. The lowest BCUT2D eigenvalue weighted by Crippen LogP contribution is -2.40. The van der Waals surface area contributed by atoms with E-state index in [9.17, 15) is 0 Å². The Kier molecular flexibility index (Phi) is 4.19. The Morgan fingerprint density at radius 1 is 0.571 bits per heavy atom. The summed E-state index contributed by atoms with van der Waals surface area (Å²) in [5.41, 5.74) is 4.88. The van der Waals surface area contributed by atoms with Crippen molar-refractivity contribution in [1.82, 2.24) is 0 Å². The van der Waals surface area contributed by atoms with Crippen LogP contribution >= 0.6 is 0 Å². The summed E-state index contributed by atoms with van der Waals surface area (Å²) in [6, 6.07) is 39.8. The van der Waals surface area contributed by atoms with Crippen molar-refractivity contribution in [2.45, 2.75) is 11.8 Å². The van der Waals surface area contributed by atoms with Crippen molar-refractivity contribution in [3.63, 3.8) is 0 Å². The standard InChI is InChI=1S/C26H21NO/c1-4-12-20(13-5-1)25-27-24-19-11-10-18-23(24)26(28-25,21-14-6-2-7-15-21)22-16-8-3-9-17-22/h1-19,25,27H/t25-/m1/s1. The first kappa shape index (κ1) is 16.8. The third-order valence-corrected chi connectivity index (χ3v) is 5.35. The molecule has 0 aliphatic carbocycles. The molecule has 1 heterocycles. The number of hydrogen-bond donors (Lipinski definition) is 1. The van der Waals surface area contributed by atoms with Gasteiger partial charge < -0.3 is 10.1 Å². The molecular weight excluding hydrogens is 342 g/mol. The molecule has 1 aliphatic heterocycles. The Labute approximate surface area is 165 Å². The number of rotatable bonds is 3. The Hall–Kier alpha value is -3.36. The van der Waals surface area contributed by atoms with Crippen molar-refractivity contribution in [3.05, 3.63) is 138 Å². The maximum absolute atomic E-state index is 6.95. The maximum atomic E-state index is 6.95. The van der Waals surface area contributed by atoms with E-state index in [1.807, 2.05) is 30.3 Å². The first-order chi connectivity index (χ1) is 13.9.